The summed E-state index contributed by atoms with van der Waals surface area (Å²) in [6.45, 7) is 1.81. The normalized spacial score (nSPS) is 16.2. The van der Waals surface area contributed by atoms with Gasteiger partial charge in [0.2, 0.25) is 0 Å². The molecule has 3 nitrogen and oxygen atoms in total. The molecule has 86 valence electrons. The zero-order chi connectivity index (χ0) is 11.5. The Morgan fingerprint density at radius 2 is 1.75 bits per heavy atom. The number of hydrogen-bond donors (Lipinski definition) is 0. The van der Waals surface area contributed by atoms with Crippen molar-refractivity contribution in [2.45, 2.75) is 0 Å². The third kappa shape index (κ3) is 2.04. The Bertz CT molecular complexity index is 380. The van der Waals surface area contributed by atoms with E-state index in [4.69, 9.17) is 4.74 Å². The van der Waals surface area contributed by atoms with E-state index in [0.717, 1.165) is 12.1 Å². The molecular weight excluding hydrogens is 216 g/mol. The van der Waals surface area contributed by atoms with Gasteiger partial charge in [0.15, 0.2) is 0 Å². The van der Waals surface area contributed by atoms with E-state index in [0.29, 0.717) is 32.6 Å². The van der Waals surface area contributed by atoms with Gasteiger partial charge in [0.1, 0.15) is 23.6 Å². The summed E-state index contributed by atoms with van der Waals surface area (Å²) >= 11 is 0. The highest BCUT2D eigenvalue weighted by Crippen LogP contribution is 2.25. The third-order valence-corrected chi connectivity index (χ3v) is 2.50. The summed E-state index contributed by atoms with van der Waals surface area (Å²) < 4.78 is 32.3. The molecule has 0 N–H and O–H groups in total. The smallest absolute Gasteiger partial charge is 0.150 e. The highest BCUT2D eigenvalue weighted by molar-refractivity contribution is 5.76. The summed E-state index contributed by atoms with van der Waals surface area (Å²) in [5, 5.41) is 0. The van der Waals surface area contributed by atoms with E-state index < -0.39 is 11.6 Å². The van der Waals surface area contributed by atoms with Crippen LogP contribution in [0.2, 0.25) is 0 Å². The Morgan fingerprint density at radius 1 is 1.19 bits per heavy atom. The number of carbonyl (C=O) groups is 1. The lowest BCUT2D eigenvalue weighted by molar-refractivity contribution is 0.112. The maximum Gasteiger partial charge on any atom is 0.150 e. The van der Waals surface area contributed by atoms with Gasteiger partial charge in [-0.05, 0) is 12.1 Å². The van der Waals surface area contributed by atoms with Crippen molar-refractivity contribution in [1.29, 1.82) is 0 Å². The first-order valence-corrected chi connectivity index (χ1v) is 4.99. The summed E-state index contributed by atoms with van der Waals surface area (Å²) in [6, 6.07) is 2.09. The molecule has 0 radical (unpaired) electrons. The van der Waals surface area contributed by atoms with Crippen molar-refractivity contribution in [1.82, 2.24) is 0 Å². The van der Waals surface area contributed by atoms with Crippen LogP contribution in [0, 0.1) is 11.6 Å². The number of ether oxygens (including phenoxy) is 1. The number of anilines is 1. The van der Waals surface area contributed by atoms with E-state index in [1.807, 2.05) is 0 Å². The zero-order valence-electron chi connectivity index (χ0n) is 8.58. The maximum absolute atomic E-state index is 13.6. The lowest BCUT2D eigenvalue weighted by Crippen LogP contribution is -2.37. The molecule has 1 fully saturated rings. The maximum atomic E-state index is 13.6. The standard InChI is InChI=1S/C11H11F2NO2/c12-9-5-8(7-15)6-10(13)11(9)14-1-3-16-4-2-14/h5-7H,1-4H2. The molecule has 1 aliphatic heterocycles. The van der Waals surface area contributed by atoms with Crippen LogP contribution in [0.5, 0.6) is 0 Å². The second kappa shape index (κ2) is 4.57. The van der Waals surface area contributed by atoms with Crippen molar-refractivity contribution < 1.29 is 18.3 Å². The quantitative estimate of drug-likeness (QED) is 0.719. The van der Waals surface area contributed by atoms with Gasteiger partial charge in [-0.3, -0.25) is 4.79 Å². The second-order valence-corrected chi connectivity index (χ2v) is 3.55. The topological polar surface area (TPSA) is 29.5 Å². The van der Waals surface area contributed by atoms with Crippen LogP contribution in [0.4, 0.5) is 14.5 Å². The molecule has 0 spiro atoms. The molecule has 1 heterocycles. The van der Waals surface area contributed by atoms with Gasteiger partial charge in [0, 0.05) is 18.7 Å². The van der Waals surface area contributed by atoms with Crippen LogP contribution < -0.4 is 4.90 Å². The number of aldehydes is 1. The molecule has 1 aliphatic rings. The molecule has 0 aliphatic carbocycles. The molecule has 2 rings (SSSR count). The molecule has 0 atom stereocenters. The summed E-state index contributed by atoms with van der Waals surface area (Å²) in [7, 11) is 0. The minimum absolute atomic E-state index is 0.00649. The predicted octanol–water partition coefficient (Wildman–Crippen LogP) is 1.61. The molecule has 0 aromatic heterocycles. The molecular formula is C11H11F2NO2. The number of carbonyl (C=O) groups excluding carboxylic acids is 1. The third-order valence-electron chi connectivity index (χ3n) is 2.50. The number of nitrogens with zero attached hydrogens (tertiary/aromatic N) is 1. The average molecular weight is 227 g/mol. The van der Waals surface area contributed by atoms with Gasteiger partial charge >= 0.3 is 0 Å². The number of rotatable bonds is 2. The average Bonchev–Trinajstić information content (AvgIpc) is 2.29. The summed E-state index contributed by atoms with van der Waals surface area (Å²) in [5.74, 6) is -1.41. The van der Waals surface area contributed by atoms with Crippen LogP contribution in [-0.2, 0) is 4.74 Å². The zero-order valence-corrected chi connectivity index (χ0v) is 8.58. The molecule has 0 bridgehead atoms. The molecule has 0 unspecified atom stereocenters. The predicted molar refractivity (Wildman–Crippen MR) is 54.8 cm³/mol. The van der Waals surface area contributed by atoms with E-state index in [9.17, 15) is 13.6 Å². The SMILES string of the molecule is O=Cc1cc(F)c(N2CCOCC2)c(F)c1. The fourth-order valence-electron chi connectivity index (χ4n) is 1.74. The fraction of sp³-hybridized carbons (Fsp3) is 0.364. The molecule has 0 amide bonds. The van der Waals surface area contributed by atoms with Crippen molar-refractivity contribution in [3.63, 3.8) is 0 Å². The van der Waals surface area contributed by atoms with E-state index >= 15 is 0 Å². The van der Waals surface area contributed by atoms with Gasteiger partial charge in [-0.2, -0.15) is 0 Å². The van der Waals surface area contributed by atoms with Gasteiger partial charge in [0.05, 0.1) is 13.2 Å². The minimum Gasteiger partial charge on any atom is -0.378 e. The van der Waals surface area contributed by atoms with E-state index in [-0.39, 0.29) is 11.3 Å². The second-order valence-electron chi connectivity index (χ2n) is 3.55. The fourth-order valence-corrected chi connectivity index (χ4v) is 1.74. The first kappa shape index (κ1) is 11.0. The van der Waals surface area contributed by atoms with Crippen molar-refractivity contribution in [2.24, 2.45) is 0 Å². The van der Waals surface area contributed by atoms with Crippen molar-refractivity contribution in [2.75, 3.05) is 31.2 Å². The molecule has 1 aromatic carbocycles. The Morgan fingerprint density at radius 3 is 2.25 bits per heavy atom. The largest absolute Gasteiger partial charge is 0.378 e. The van der Waals surface area contributed by atoms with Crippen LogP contribution in [0.15, 0.2) is 12.1 Å². The summed E-state index contributed by atoms with van der Waals surface area (Å²) in [4.78, 5) is 12.0. The number of benzene rings is 1. The van der Waals surface area contributed by atoms with Gasteiger partial charge in [-0.1, -0.05) is 0 Å². The Hall–Kier alpha value is -1.49. The summed E-state index contributed by atoms with van der Waals surface area (Å²) in [6.07, 6.45) is 0.426. The first-order valence-electron chi connectivity index (χ1n) is 4.99. The van der Waals surface area contributed by atoms with Gasteiger partial charge in [-0.15, -0.1) is 0 Å². The van der Waals surface area contributed by atoms with Crippen molar-refractivity contribution in [3.8, 4) is 0 Å². The summed E-state index contributed by atoms with van der Waals surface area (Å²) in [5.41, 5.74) is -0.0686. The van der Waals surface area contributed by atoms with Crippen LogP contribution in [0.3, 0.4) is 0 Å². The van der Waals surface area contributed by atoms with E-state index in [2.05, 4.69) is 0 Å². The minimum atomic E-state index is -0.705. The van der Waals surface area contributed by atoms with Gasteiger partial charge < -0.3 is 9.64 Å². The Kier molecular flexibility index (Phi) is 3.14. The number of halogens is 2. The molecule has 16 heavy (non-hydrogen) atoms. The molecule has 5 heteroatoms. The van der Waals surface area contributed by atoms with Gasteiger partial charge in [0.25, 0.3) is 0 Å². The molecule has 1 aromatic rings. The highest BCUT2D eigenvalue weighted by atomic mass is 19.1. The van der Waals surface area contributed by atoms with Crippen LogP contribution in [-0.4, -0.2) is 32.6 Å². The number of hydrogen-bond acceptors (Lipinski definition) is 3. The van der Waals surface area contributed by atoms with E-state index in [1.54, 1.807) is 4.90 Å². The van der Waals surface area contributed by atoms with Crippen LogP contribution >= 0.6 is 0 Å². The van der Waals surface area contributed by atoms with Crippen LogP contribution in [0.1, 0.15) is 10.4 Å². The Labute approximate surface area is 91.6 Å². The molecule has 0 saturated carbocycles. The van der Waals surface area contributed by atoms with Crippen molar-refractivity contribution in [3.05, 3.63) is 29.3 Å². The first-order chi connectivity index (χ1) is 7.72. The van der Waals surface area contributed by atoms with Crippen LogP contribution in [0.25, 0.3) is 0 Å². The lowest BCUT2D eigenvalue weighted by Gasteiger charge is -2.29. The monoisotopic (exact) mass is 227 g/mol. The number of morpholine rings is 1. The van der Waals surface area contributed by atoms with Gasteiger partial charge in [-0.25, -0.2) is 8.78 Å². The van der Waals surface area contributed by atoms with E-state index in [1.165, 1.54) is 0 Å². The van der Waals surface area contributed by atoms with Crippen molar-refractivity contribution >= 4 is 12.0 Å². The highest BCUT2D eigenvalue weighted by Gasteiger charge is 2.19. The lowest BCUT2D eigenvalue weighted by atomic mass is 10.2. The molecule has 1 saturated heterocycles. The Balaban J connectivity index is 2.35.